The minimum Gasteiger partial charge on any atom is -0.228 e. The second-order valence-corrected chi connectivity index (χ2v) is 17.9. The van der Waals surface area contributed by atoms with E-state index in [-0.39, 0.29) is 0 Å². The number of hydrogen-bond donors (Lipinski definition) is 0. The predicted molar refractivity (Wildman–Crippen MR) is 278 cm³/mol. The molecule has 0 amide bonds. The summed E-state index contributed by atoms with van der Waals surface area (Å²) in [6.45, 7) is 0. The zero-order valence-corrected chi connectivity index (χ0v) is 36.1. The summed E-state index contributed by atoms with van der Waals surface area (Å²) in [5.41, 5.74) is 12.2. The summed E-state index contributed by atoms with van der Waals surface area (Å²) in [6.07, 6.45) is 0. The van der Waals surface area contributed by atoms with E-state index in [9.17, 15) is 0 Å². The third-order valence-electron chi connectivity index (χ3n) is 13.1. The van der Waals surface area contributed by atoms with Crippen LogP contribution in [0, 0.1) is 0 Å². The number of hydrogen-bond acceptors (Lipinski definition) is 3. The molecule has 302 valence electrons. The van der Waals surface area contributed by atoms with Gasteiger partial charge in [0.1, 0.15) is 0 Å². The Bertz CT molecular complexity index is 3980. The van der Waals surface area contributed by atoms with Crippen molar-refractivity contribution >= 4 is 74.6 Å². The molecule has 0 atom stereocenters. The summed E-state index contributed by atoms with van der Waals surface area (Å²) in [6, 6.07) is 83.6. The largest absolute Gasteiger partial charge is 0.228 e. The Morgan fingerprint density at radius 3 is 1.52 bits per heavy atom. The van der Waals surface area contributed by atoms with E-state index in [1.54, 1.807) is 0 Å². The molecule has 13 rings (SSSR count). The molecular weight excluding hydrogens is 805 g/mol. The fourth-order valence-electron chi connectivity index (χ4n) is 9.92. The van der Waals surface area contributed by atoms with Crippen LogP contribution in [0.3, 0.4) is 0 Å². The number of thiophene rings is 1. The van der Waals surface area contributed by atoms with Gasteiger partial charge >= 0.3 is 0 Å². The maximum atomic E-state index is 5.16. The first-order chi connectivity index (χ1) is 32.2. The molecule has 2 heterocycles. The first-order valence-electron chi connectivity index (χ1n) is 22.1. The molecule has 2 aromatic heterocycles. The number of nitrogens with zero attached hydrogens (tertiary/aromatic N) is 2. The molecule has 11 aromatic carbocycles. The van der Waals surface area contributed by atoms with Crippen molar-refractivity contribution in [2.24, 2.45) is 0 Å². The summed E-state index contributed by atoms with van der Waals surface area (Å²) >= 11 is 1.83. The van der Waals surface area contributed by atoms with Gasteiger partial charge in [0.2, 0.25) is 0 Å². The van der Waals surface area contributed by atoms with Gasteiger partial charge in [0, 0.05) is 36.9 Å². The van der Waals surface area contributed by atoms with Gasteiger partial charge in [0.25, 0.3) is 0 Å². The molecular formula is C62H38N2S. The normalized spacial score (nSPS) is 11.7. The van der Waals surface area contributed by atoms with Crippen LogP contribution in [0.2, 0.25) is 0 Å². The number of aromatic nitrogens is 2. The maximum absolute atomic E-state index is 5.16. The first-order valence-corrected chi connectivity index (χ1v) is 22.9. The van der Waals surface area contributed by atoms with E-state index in [0.29, 0.717) is 5.82 Å². The Morgan fingerprint density at radius 2 is 0.800 bits per heavy atom. The van der Waals surface area contributed by atoms with E-state index in [4.69, 9.17) is 9.97 Å². The monoisotopic (exact) mass is 842 g/mol. The minimum atomic E-state index is 0.714. The Balaban J connectivity index is 0.865. The Labute approximate surface area is 380 Å². The van der Waals surface area contributed by atoms with Gasteiger partial charge in [-0.05, 0) is 107 Å². The molecule has 13 aromatic rings. The molecule has 0 unspecified atom stereocenters. The molecule has 0 aliphatic carbocycles. The van der Waals surface area contributed by atoms with Crippen LogP contribution in [-0.2, 0) is 0 Å². The topological polar surface area (TPSA) is 25.8 Å². The van der Waals surface area contributed by atoms with Crippen LogP contribution in [0.15, 0.2) is 231 Å². The van der Waals surface area contributed by atoms with E-state index in [1.807, 2.05) is 29.5 Å². The van der Waals surface area contributed by atoms with Crippen LogP contribution in [0.5, 0.6) is 0 Å². The highest BCUT2D eigenvalue weighted by Gasteiger charge is 2.16. The maximum Gasteiger partial charge on any atom is 0.160 e. The summed E-state index contributed by atoms with van der Waals surface area (Å²) in [4.78, 5) is 10.3. The van der Waals surface area contributed by atoms with Crippen LogP contribution in [0.1, 0.15) is 0 Å². The molecule has 0 saturated carbocycles. The van der Waals surface area contributed by atoms with Crippen molar-refractivity contribution in [1.29, 1.82) is 0 Å². The first kappa shape index (κ1) is 37.3. The summed E-state index contributed by atoms with van der Waals surface area (Å²) in [5.74, 6) is 0.714. The van der Waals surface area contributed by atoms with Crippen molar-refractivity contribution < 1.29 is 0 Å². The molecule has 65 heavy (non-hydrogen) atoms. The van der Waals surface area contributed by atoms with Crippen LogP contribution in [-0.4, -0.2) is 9.97 Å². The molecule has 0 radical (unpaired) electrons. The van der Waals surface area contributed by atoms with Gasteiger partial charge in [0.05, 0.1) is 11.4 Å². The van der Waals surface area contributed by atoms with Crippen molar-refractivity contribution in [1.82, 2.24) is 9.97 Å². The Hall–Kier alpha value is -8.24. The molecule has 0 fully saturated rings. The molecule has 0 aliphatic rings. The molecule has 0 spiro atoms. The average molecular weight is 843 g/mol. The highest BCUT2D eigenvalue weighted by atomic mass is 32.1. The van der Waals surface area contributed by atoms with Gasteiger partial charge in [-0.15, -0.1) is 11.3 Å². The SMILES string of the molecule is c1ccc(-c2nc(-c3ccc(-c4ccc(-c5ccc(-c6c7ccccc7cc7c6ccc6ccccc67)cc5)c5ccccc45)cc3)cc(-c3ccc4sc5ccccc5c4c3)n2)cc1. The van der Waals surface area contributed by atoms with Crippen molar-refractivity contribution in [2.45, 2.75) is 0 Å². The highest BCUT2D eigenvalue weighted by Crippen LogP contribution is 2.42. The molecule has 2 nitrogen and oxygen atoms in total. The van der Waals surface area contributed by atoms with Crippen LogP contribution >= 0.6 is 11.3 Å². The molecule has 3 heteroatoms. The third-order valence-corrected chi connectivity index (χ3v) is 14.3. The van der Waals surface area contributed by atoms with Gasteiger partial charge in [-0.1, -0.05) is 200 Å². The van der Waals surface area contributed by atoms with Gasteiger partial charge in [-0.3, -0.25) is 0 Å². The summed E-state index contributed by atoms with van der Waals surface area (Å²) in [7, 11) is 0. The number of fused-ring (bicyclic) bond motifs is 8. The van der Waals surface area contributed by atoms with E-state index in [1.165, 1.54) is 91.1 Å². The quantitative estimate of drug-likeness (QED) is 0.123. The minimum absolute atomic E-state index is 0.714. The van der Waals surface area contributed by atoms with E-state index >= 15 is 0 Å². The van der Waals surface area contributed by atoms with Gasteiger partial charge < -0.3 is 0 Å². The van der Waals surface area contributed by atoms with Crippen molar-refractivity contribution in [3.8, 4) is 67.3 Å². The lowest BCUT2D eigenvalue weighted by Gasteiger charge is -2.15. The van der Waals surface area contributed by atoms with Crippen LogP contribution in [0.4, 0.5) is 0 Å². The van der Waals surface area contributed by atoms with E-state index in [0.717, 1.165) is 33.6 Å². The number of benzene rings is 11. The van der Waals surface area contributed by atoms with Gasteiger partial charge in [-0.2, -0.15) is 0 Å². The molecule has 0 aliphatic heterocycles. The molecule has 0 saturated heterocycles. The fourth-order valence-corrected chi connectivity index (χ4v) is 11.0. The summed E-state index contributed by atoms with van der Waals surface area (Å²) in [5, 5.41) is 12.6. The zero-order chi connectivity index (χ0) is 42.8. The van der Waals surface area contributed by atoms with Gasteiger partial charge in [0.15, 0.2) is 5.82 Å². The van der Waals surface area contributed by atoms with Crippen LogP contribution in [0.25, 0.3) is 131 Å². The highest BCUT2D eigenvalue weighted by molar-refractivity contribution is 7.25. The summed E-state index contributed by atoms with van der Waals surface area (Å²) < 4.78 is 2.58. The average Bonchev–Trinajstić information content (AvgIpc) is 3.76. The lowest BCUT2D eigenvalue weighted by molar-refractivity contribution is 1.18. The standard InChI is InChI=1S/C62H38N2S/c1-2-13-44(14-3-1)62-63-57(38-58(64-62)46-31-35-60-56(37-46)53-20-10-11-21-59(53)65-60)42-26-22-40(23-27-42)48-33-34-49(52-19-9-8-18-51(48)52)41-24-28-43(29-25-41)61-50-17-7-5-15-45(50)36-55-47-16-6-4-12-39(47)30-32-54(55)61/h1-38H. The smallest absolute Gasteiger partial charge is 0.160 e. The Morgan fingerprint density at radius 1 is 0.262 bits per heavy atom. The van der Waals surface area contributed by atoms with Crippen molar-refractivity contribution in [3.63, 3.8) is 0 Å². The number of rotatable bonds is 6. The molecule has 0 bridgehead atoms. The Kier molecular flexibility index (Phi) is 8.75. The second-order valence-electron chi connectivity index (χ2n) is 16.9. The van der Waals surface area contributed by atoms with Crippen LogP contribution < -0.4 is 0 Å². The third kappa shape index (κ3) is 6.39. The lowest BCUT2D eigenvalue weighted by atomic mass is 9.88. The fraction of sp³-hybridized carbons (Fsp3) is 0. The molecule has 0 N–H and O–H groups in total. The van der Waals surface area contributed by atoms with Crippen molar-refractivity contribution in [3.05, 3.63) is 231 Å². The van der Waals surface area contributed by atoms with E-state index in [2.05, 4.69) is 212 Å². The lowest BCUT2D eigenvalue weighted by Crippen LogP contribution is -1.96. The predicted octanol–water partition coefficient (Wildman–Crippen LogP) is 17.5. The van der Waals surface area contributed by atoms with Crippen molar-refractivity contribution in [2.75, 3.05) is 0 Å². The van der Waals surface area contributed by atoms with Gasteiger partial charge in [-0.25, -0.2) is 9.97 Å². The van der Waals surface area contributed by atoms with E-state index < -0.39 is 0 Å². The second kappa shape index (κ2) is 15.2. The zero-order valence-electron chi connectivity index (χ0n) is 35.2.